The molecule has 0 aromatic heterocycles. The van der Waals surface area contributed by atoms with Crippen LogP contribution in [-0.2, 0) is 19.2 Å². The standard InChI is InChI=1S/C14H23N3O4S/c1-3-14(21)17(10(2)18)7-6-15-12(19)8-22-9-13(20)16-11-4-5-11/h11H,3-9H2,1-2H3,(H,15,19)(H,16,20). The second-order valence-electron chi connectivity index (χ2n) is 5.10. The van der Waals surface area contributed by atoms with Crippen molar-refractivity contribution in [2.45, 2.75) is 39.2 Å². The molecule has 124 valence electrons. The van der Waals surface area contributed by atoms with Crippen LogP contribution in [0.3, 0.4) is 0 Å². The fraction of sp³-hybridized carbons (Fsp3) is 0.714. The molecule has 7 nitrogen and oxygen atoms in total. The van der Waals surface area contributed by atoms with Crippen molar-refractivity contribution in [1.82, 2.24) is 15.5 Å². The quantitative estimate of drug-likeness (QED) is 0.616. The van der Waals surface area contributed by atoms with Crippen LogP contribution >= 0.6 is 11.8 Å². The van der Waals surface area contributed by atoms with Gasteiger partial charge in [0.05, 0.1) is 11.5 Å². The van der Waals surface area contributed by atoms with E-state index in [1.165, 1.54) is 18.7 Å². The normalized spacial score (nSPS) is 13.4. The van der Waals surface area contributed by atoms with E-state index in [1.54, 1.807) is 6.92 Å². The van der Waals surface area contributed by atoms with Gasteiger partial charge in [-0.05, 0) is 12.8 Å². The lowest BCUT2D eigenvalue weighted by Gasteiger charge is -2.18. The lowest BCUT2D eigenvalue weighted by Crippen LogP contribution is -2.41. The van der Waals surface area contributed by atoms with E-state index >= 15 is 0 Å². The van der Waals surface area contributed by atoms with E-state index in [0.29, 0.717) is 6.04 Å². The topological polar surface area (TPSA) is 95.6 Å². The molecule has 0 atom stereocenters. The first kappa shape index (κ1) is 18.5. The molecular formula is C14H23N3O4S. The average Bonchev–Trinajstić information content (AvgIpc) is 3.26. The van der Waals surface area contributed by atoms with Gasteiger partial charge >= 0.3 is 0 Å². The first-order chi connectivity index (χ1) is 10.4. The third-order valence-corrected chi connectivity index (χ3v) is 3.98. The van der Waals surface area contributed by atoms with Crippen molar-refractivity contribution in [3.63, 3.8) is 0 Å². The molecular weight excluding hydrogens is 306 g/mol. The molecule has 22 heavy (non-hydrogen) atoms. The highest BCUT2D eigenvalue weighted by atomic mass is 32.2. The van der Waals surface area contributed by atoms with E-state index in [9.17, 15) is 19.2 Å². The molecule has 0 radical (unpaired) electrons. The third-order valence-electron chi connectivity index (χ3n) is 3.05. The van der Waals surface area contributed by atoms with E-state index in [0.717, 1.165) is 17.7 Å². The van der Waals surface area contributed by atoms with Crippen LogP contribution in [0, 0.1) is 0 Å². The summed E-state index contributed by atoms with van der Waals surface area (Å²) in [5.74, 6) is -0.397. The average molecular weight is 329 g/mol. The number of rotatable bonds is 9. The number of imide groups is 1. The number of amides is 4. The maximum absolute atomic E-state index is 11.6. The van der Waals surface area contributed by atoms with Crippen LogP contribution in [0.1, 0.15) is 33.1 Å². The van der Waals surface area contributed by atoms with Gasteiger partial charge in [-0.25, -0.2) is 0 Å². The number of thioether (sulfide) groups is 1. The van der Waals surface area contributed by atoms with Crippen molar-refractivity contribution in [3.05, 3.63) is 0 Å². The van der Waals surface area contributed by atoms with Gasteiger partial charge < -0.3 is 10.6 Å². The summed E-state index contributed by atoms with van der Waals surface area (Å²) in [4.78, 5) is 47.0. The number of carbonyl (C=O) groups excluding carboxylic acids is 4. The minimum atomic E-state index is -0.327. The molecule has 0 unspecified atom stereocenters. The minimum absolute atomic E-state index is 0.0448. The van der Waals surface area contributed by atoms with E-state index in [-0.39, 0.29) is 54.6 Å². The van der Waals surface area contributed by atoms with Gasteiger partial charge in [0.1, 0.15) is 0 Å². The summed E-state index contributed by atoms with van der Waals surface area (Å²) < 4.78 is 0. The zero-order valence-corrected chi connectivity index (χ0v) is 13.8. The molecule has 0 aromatic rings. The van der Waals surface area contributed by atoms with Gasteiger partial charge in [-0.1, -0.05) is 6.92 Å². The Morgan fingerprint density at radius 3 is 2.32 bits per heavy atom. The smallest absolute Gasteiger partial charge is 0.230 e. The maximum Gasteiger partial charge on any atom is 0.230 e. The minimum Gasteiger partial charge on any atom is -0.354 e. The monoisotopic (exact) mass is 329 g/mol. The molecule has 0 aromatic carbocycles. The molecule has 1 aliphatic carbocycles. The van der Waals surface area contributed by atoms with E-state index in [1.807, 2.05) is 0 Å². The van der Waals surface area contributed by atoms with Gasteiger partial charge in [0.15, 0.2) is 0 Å². The Morgan fingerprint density at radius 2 is 1.77 bits per heavy atom. The van der Waals surface area contributed by atoms with E-state index < -0.39 is 0 Å². The van der Waals surface area contributed by atoms with Crippen LogP contribution in [0.15, 0.2) is 0 Å². The summed E-state index contributed by atoms with van der Waals surface area (Å²) in [6.45, 7) is 3.39. The zero-order chi connectivity index (χ0) is 16.5. The number of hydrogen-bond acceptors (Lipinski definition) is 5. The van der Waals surface area contributed by atoms with Gasteiger partial charge in [-0.15, -0.1) is 11.8 Å². The molecule has 4 amide bonds. The summed E-state index contributed by atoms with van der Waals surface area (Å²) in [6, 6.07) is 0.329. The SMILES string of the molecule is CCC(=O)N(CCNC(=O)CSCC(=O)NC1CC1)C(C)=O. The van der Waals surface area contributed by atoms with E-state index in [4.69, 9.17) is 0 Å². The summed E-state index contributed by atoms with van der Waals surface area (Å²) in [6.07, 6.45) is 2.33. The molecule has 1 saturated carbocycles. The van der Waals surface area contributed by atoms with Crippen molar-refractivity contribution in [1.29, 1.82) is 0 Å². The zero-order valence-electron chi connectivity index (χ0n) is 13.0. The largest absolute Gasteiger partial charge is 0.354 e. The molecule has 0 aliphatic heterocycles. The Morgan fingerprint density at radius 1 is 1.14 bits per heavy atom. The van der Waals surface area contributed by atoms with Crippen molar-refractivity contribution in [3.8, 4) is 0 Å². The van der Waals surface area contributed by atoms with Crippen molar-refractivity contribution in [2.24, 2.45) is 0 Å². The number of nitrogens with zero attached hydrogens (tertiary/aromatic N) is 1. The maximum atomic E-state index is 11.6. The summed E-state index contributed by atoms with van der Waals surface area (Å²) >= 11 is 1.24. The number of carbonyl (C=O) groups is 4. The van der Waals surface area contributed by atoms with Crippen molar-refractivity contribution in [2.75, 3.05) is 24.6 Å². The predicted octanol–water partition coefficient (Wildman–Crippen LogP) is -0.100. The summed E-state index contributed by atoms with van der Waals surface area (Å²) in [5, 5.41) is 5.48. The van der Waals surface area contributed by atoms with Gasteiger partial charge in [0.2, 0.25) is 23.6 Å². The third kappa shape index (κ3) is 7.44. The van der Waals surface area contributed by atoms with Crippen LogP contribution in [0.25, 0.3) is 0 Å². The molecule has 0 bridgehead atoms. The Balaban J connectivity index is 2.12. The van der Waals surface area contributed by atoms with Crippen LogP contribution in [0.2, 0.25) is 0 Å². The van der Waals surface area contributed by atoms with Gasteiger partial charge in [-0.2, -0.15) is 0 Å². The van der Waals surface area contributed by atoms with Crippen LogP contribution in [0.4, 0.5) is 0 Å². The molecule has 0 spiro atoms. The second kappa shape index (κ2) is 9.45. The summed E-state index contributed by atoms with van der Waals surface area (Å²) in [5.41, 5.74) is 0. The molecule has 0 heterocycles. The highest BCUT2D eigenvalue weighted by Gasteiger charge is 2.23. The fourth-order valence-corrected chi connectivity index (χ4v) is 2.40. The fourth-order valence-electron chi connectivity index (χ4n) is 1.74. The first-order valence-electron chi connectivity index (χ1n) is 7.38. The van der Waals surface area contributed by atoms with Crippen molar-refractivity contribution < 1.29 is 19.2 Å². The number of nitrogens with one attached hydrogen (secondary N) is 2. The van der Waals surface area contributed by atoms with Crippen LogP contribution < -0.4 is 10.6 Å². The number of hydrogen-bond donors (Lipinski definition) is 2. The Hall–Kier alpha value is -1.57. The molecule has 1 fully saturated rings. The van der Waals surface area contributed by atoms with Gasteiger partial charge in [0, 0.05) is 32.5 Å². The Kier molecular flexibility index (Phi) is 7.94. The van der Waals surface area contributed by atoms with Crippen LogP contribution in [-0.4, -0.2) is 59.2 Å². The predicted molar refractivity (Wildman–Crippen MR) is 84.2 cm³/mol. The van der Waals surface area contributed by atoms with Gasteiger partial charge in [0.25, 0.3) is 0 Å². The molecule has 0 saturated heterocycles. The second-order valence-corrected chi connectivity index (χ2v) is 6.09. The molecule has 8 heteroatoms. The van der Waals surface area contributed by atoms with E-state index in [2.05, 4.69) is 10.6 Å². The lowest BCUT2D eigenvalue weighted by atomic mass is 10.3. The highest BCUT2D eigenvalue weighted by molar-refractivity contribution is 8.00. The highest BCUT2D eigenvalue weighted by Crippen LogP contribution is 2.18. The lowest BCUT2D eigenvalue weighted by molar-refractivity contribution is -0.143. The molecule has 1 rings (SSSR count). The first-order valence-corrected chi connectivity index (χ1v) is 8.54. The Bertz CT molecular complexity index is 438. The van der Waals surface area contributed by atoms with Crippen molar-refractivity contribution >= 4 is 35.4 Å². The molecule has 1 aliphatic rings. The van der Waals surface area contributed by atoms with Crippen LogP contribution in [0.5, 0.6) is 0 Å². The molecule has 2 N–H and O–H groups in total. The summed E-state index contributed by atoms with van der Waals surface area (Å²) in [7, 11) is 0. The van der Waals surface area contributed by atoms with Gasteiger partial charge in [-0.3, -0.25) is 24.1 Å². The Labute approximate surface area is 134 Å².